The van der Waals surface area contributed by atoms with Gasteiger partial charge in [-0.15, -0.1) is 0 Å². The summed E-state index contributed by atoms with van der Waals surface area (Å²) >= 11 is 0. The molecule has 0 aromatic heterocycles. The second-order valence-electron chi connectivity index (χ2n) is 6.35. The molecule has 3 rings (SSSR count). The van der Waals surface area contributed by atoms with E-state index in [2.05, 4.69) is 22.8 Å². The van der Waals surface area contributed by atoms with Gasteiger partial charge in [0.2, 0.25) is 0 Å². The zero-order chi connectivity index (χ0) is 15.2. The quantitative estimate of drug-likeness (QED) is 0.788. The predicted molar refractivity (Wildman–Crippen MR) is 88.3 cm³/mol. The Kier molecular flexibility index (Phi) is 5.33. The van der Waals surface area contributed by atoms with Crippen LogP contribution in [0.5, 0.6) is 0 Å². The SMILES string of the molecule is O=C(NCCCOC1CCCC1)Nc1ccc2c(c1)CCC2. The van der Waals surface area contributed by atoms with Crippen molar-refractivity contribution >= 4 is 11.7 Å². The first kappa shape index (κ1) is 15.3. The van der Waals surface area contributed by atoms with Crippen LogP contribution in [0, 0.1) is 0 Å². The maximum atomic E-state index is 11.9. The Labute approximate surface area is 132 Å². The number of anilines is 1. The zero-order valence-electron chi connectivity index (χ0n) is 13.2. The lowest BCUT2D eigenvalue weighted by Gasteiger charge is -2.12. The summed E-state index contributed by atoms with van der Waals surface area (Å²) in [6.07, 6.45) is 9.85. The lowest BCUT2D eigenvalue weighted by molar-refractivity contribution is 0.0572. The molecule has 4 nitrogen and oxygen atoms in total. The van der Waals surface area contributed by atoms with Crippen LogP contribution >= 0.6 is 0 Å². The smallest absolute Gasteiger partial charge is 0.319 e. The molecule has 22 heavy (non-hydrogen) atoms. The summed E-state index contributed by atoms with van der Waals surface area (Å²) in [6, 6.07) is 6.10. The first-order chi connectivity index (χ1) is 10.8. The van der Waals surface area contributed by atoms with Gasteiger partial charge in [0, 0.05) is 18.8 Å². The lowest BCUT2D eigenvalue weighted by atomic mass is 10.1. The number of carbonyl (C=O) groups is 1. The van der Waals surface area contributed by atoms with Crippen molar-refractivity contribution < 1.29 is 9.53 Å². The Morgan fingerprint density at radius 2 is 1.95 bits per heavy atom. The Morgan fingerprint density at radius 1 is 1.14 bits per heavy atom. The number of carbonyl (C=O) groups excluding carboxylic acids is 1. The molecular formula is C18H26N2O2. The van der Waals surface area contributed by atoms with E-state index in [0.717, 1.165) is 25.1 Å². The molecule has 120 valence electrons. The number of ether oxygens (including phenoxy) is 1. The van der Waals surface area contributed by atoms with Gasteiger partial charge in [-0.1, -0.05) is 18.9 Å². The van der Waals surface area contributed by atoms with Crippen molar-refractivity contribution in [1.82, 2.24) is 5.32 Å². The predicted octanol–water partition coefficient (Wildman–Crippen LogP) is 3.65. The fraction of sp³-hybridized carbons (Fsp3) is 0.611. The maximum absolute atomic E-state index is 11.9. The van der Waals surface area contributed by atoms with Crippen LogP contribution in [-0.4, -0.2) is 25.3 Å². The van der Waals surface area contributed by atoms with Gasteiger partial charge in [-0.2, -0.15) is 0 Å². The number of hydrogen-bond donors (Lipinski definition) is 2. The Bertz CT molecular complexity index is 510. The third-order valence-corrected chi connectivity index (χ3v) is 4.62. The van der Waals surface area contributed by atoms with E-state index in [1.807, 2.05) is 6.07 Å². The normalized spacial score (nSPS) is 17.5. The molecule has 0 heterocycles. The van der Waals surface area contributed by atoms with Gasteiger partial charge in [0.15, 0.2) is 0 Å². The minimum atomic E-state index is -0.126. The van der Waals surface area contributed by atoms with Crippen LogP contribution in [-0.2, 0) is 17.6 Å². The molecule has 0 aliphatic heterocycles. The number of benzene rings is 1. The van der Waals surface area contributed by atoms with Crippen LogP contribution < -0.4 is 10.6 Å². The molecular weight excluding hydrogens is 276 g/mol. The van der Waals surface area contributed by atoms with Crippen molar-refractivity contribution in [1.29, 1.82) is 0 Å². The molecule has 2 aliphatic rings. The van der Waals surface area contributed by atoms with Gasteiger partial charge in [-0.25, -0.2) is 4.79 Å². The largest absolute Gasteiger partial charge is 0.378 e. The van der Waals surface area contributed by atoms with Crippen LogP contribution in [0.15, 0.2) is 18.2 Å². The van der Waals surface area contributed by atoms with Crippen molar-refractivity contribution in [2.45, 2.75) is 57.5 Å². The van der Waals surface area contributed by atoms with Crippen molar-refractivity contribution in [3.8, 4) is 0 Å². The van der Waals surface area contributed by atoms with Crippen molar-refractivity contribution in [3.05, 3.63) is 29.3 Å². The number of fused-ring (bicyclic) bond motifs is 1. The van der Waals surface area contributed by atoms with E-state index in [4.69, 9.17) is 4.74 Å². The van der Waals surface area contributed by atoms with E-state index in [1.165, 1.54) is 49.7 Å². The highest BCUT2D eigenvalue weighted by atomic mass is 16.5. The molecule has 1 aromatic rings. The minimum Gasteiger partial charge on any atom is -0.378 e. The molecule has 0 radical (unpaired) electrons. The molecule has 2 aliphatic carbocycles. The fourth-order valence-corrected chi connectivity index (χ4v) is 3.40. The third-order valence-electron chi connectivity index (χ3n) is 4.62. The first-order valence-corrected chi connectivity index (χ1v) is 8.59. The summed E-state index contributed by atoms with van der Waals surface area (Å²) in [5.41, 5.74) is 3.69. The molecule has 0 unspecified atom stereocenters. The summed E-state index contributed by atoms with van der Waals surface area (Å²) in [6.45, 7) is 1.40. The van der Waals surface area contributed by atoms with Crippen molar-refractivity contribution in [2.75, 3.05) is 18.5 Å². The molecule has 0 bridgehead atoms. The van der Waals surface area contributed by atoms with Gasteiger partial charge < -0.3 is 15.4 Å². The number of hydrogen-bond acceptors (Lipinski definition) is 2. The number of nitrogens with one attached hydrogen (secondary N) is 2. The third kappa shape index (κ3) is 4.23. The molecule has 1 saturated carbocycles. The maximum Gasteiger partial charge on any atom is 0.319 e. The molecule has 1 aromatic carbocycles. The van der Waals surface area contributed by atoms with E-state index >= 15 is 0 Å². The van der Waals surface area contributed by atoms with Crippen LogP contribution in [0.4, 0.5) is 10.5 Å². The van der Waals surface area contributed by atoms with Crippen LogP contribution in [0.25, 0.3) is 0 Å². The second kappa shape index (κ2) is 7.63. The monoisotopic (exact) mass is 302 g/mol. The minimum absolute atomic E-state index is 0.126. The van der Waals surface area contributed by atoms with Gasteiger partial charge in [0.25, 0.3) is 0 Å². The van der Waals surface area contributed by atoms with Gasteiger partial charge in [0.05, 0.1) is 6.10 Å². The Balaban J connectivity index is 1.32. The summed E-state index contributed by atoms with van der Waals surface area (Å²) in [5, 5.41) is 5.81. The Morgan fingerprint density at radius 3 is 2.82 bits per heavy atom. The molecule has 1 fully saturated rings. The highest BCUT2D eigenvalue weighted by Gasteiger charge is 2.15. The molecule has 0 saturated heterocycles. The van der Waals surface area contributed by atoms with Crippen LogP contribution in [0.3, 0.4) is 0 Å². The van der Waals surface area contributed by atoms with E-state index in [1.54, 1.807) is 0 Å². The average molecular weight is 302 g/mol. The molecule has 0 spiro atoms. The van der Waals surface area contributed by atoms with Gasteiger partial charge in [-0.3, -0.25) is 0 Å². The first-order valence-electron chi connectivity index (χ1n) is 8.59. The van der Waals surface area contributed by atoms with Crippen LogP contribution in [0.1, 0.15) is 49.7 Å². The van der Waals surface area contributed by atoms with E-state index < -0.39 is 0 Å². The van der Waals surface area contributed by atoms with E-state index in [9.17, 15) is 4.79 Å². The fourth-order valence-electron chi connectivity index (χ4n) is 3.40. The molecule has 4 heteroatoms. The summed E-state index contributed by atoms with van der Waals surface area (Å²) in [5.74, 6) is 0. The highest BCUT2D eigenvalue weighted by molar-refractivity contribution is 5.89. The van der Waals surface area contributed by atoms with E-state index in [-0.39, 0.29) is 6.03 Å². The van der Waals surface area contributed by atoms with Crippen LogP contribution in [0.2, 0.25) is 0 Å². The molecule has 2 amide bonds. The Hall–Kier alpha value is -1.55. The van der Waals surface area contributed by atoms with Gasteiger partial charge in [0.1, 0.15) is 0 Å². The van der Waals surface area contributed by atoms with Crippen molar-refractivity contribution in [2.24, 2.45) is 0 Å². The number of aryl methyl sites for hydroxylation is 2. The van der Waals surface area contributed by atoms with Crippen molar-refractivity contribution in [3.63, 3.8) is 0 Å². The summed E-state index contributed by atoms with van der Waals surface area (Å²) in [7, 11) is 0. The average Bonchev–Trinajstić information content (AvgIpc) is 3.17. The molecule has 0 atom stereocenters. The summed E-state index contributed by atoms with van der Waals surface area (Å²) in [4.78, 5) is 11.9. The highest BCUT2D eigenvalue weighted by Crippen LogP contribution is 2.24. The topological polar surface area (TPSA) is 50.4 Å². The lowest BCUT2D eigenvalue weighted by Crippen LogP contribution is -2.30. The van der Waals surface area contributed by atoms with Gasteiger partial charge >= 0.3 is 6.03 Å². The number of urea groups is 1. The molecule has 2 N–H and O–H groups in total. The van der Waals surface area contributed by atoms with E-state index in [0.29, 0.717) is 12.6 Å². The van der Waals surface area contributed by atoms with Gasteiger partial charge in [-0.05, 0) is 61.8 Å². The zero-order valence-corrected chi connectivity index (χ0v) is 13.2. The second-order valence-corrected chi connectivity index (χ2v) is 6.35. The summed E-state index contributed by atoms with van der Waals surface area (Å²) < 4.78 is 5.78. The standard InChI is InChI=1S/C18H26N2O2/c21-18(19-11-4-12-22-17-7-1-2-8-17)20-16-10-9-14-5-3-6-15(14)13-16/h9-10,13,17H,1-8,11-12H2,(H2,19,20,21). The number of rotatable bonds is 6. The number of amides is 2.